The molecule has 104 valence electrons. The van der Waals surface area contributed by atoms with E-state index in [1.165, 1.54) is 11.1 Å². The summed E-state index contributed by atoms with van der Waals surface area (Å²) in [6.45, 7) is 0. The fourth-order valence-corrected chi connectivity index (χ4v) is 3.17. The number of aryl methyl sites for hydroxylation is 1. The summed E-state index contributed by atoms with van der Waals surface area (Å²) in [6.07, 6.45) is 2.11. The van der Waals surface area contributed by atoms with Crippen LogP contribution >= 0.6 is 0 Å². The van der Waals surface area contributed by atoms with Crippen molar-refractivity contribution >= 4 is 17.5 Å². The summed E-state index contributed by atoms with van der Waals surface area (Å²) in [6, 6.07) is 14.0. The molecule has 1 heterocycles. The van der Waals surface area contributed by atoms with E-state index in [0.29, 0.717) is 11.1 Å². The molecule has 2 aromatic carbocycles. The molecule has 2 aliphatic rings. The lowest BCUT2D eigenvalue weighted by molar-refractivity contribution is 0.0879. The van der Waals surface area contributed by atoms with Crippen molar-refractivity contribution in [2.75, 3.05) is 5.32 Å². The van der Waals surface area contributed by atoms with Crippen molar-refractivity contribution in [3.05, 3.63) is 64.7 Å². The smallest absolute Gasteiger partial charge is 0.259 e. The highest BCUT2D eigenvalue weighted by Gasteiger charge is 2.27. The van der Waals surface area contributed by atoms with Gasteiger partial charge in [0, 0.05) is 5.69 Å². The van der Waals surface area contributed by atoms with Crippen LogP contribution in [0.3, 0.4) is 0 Å². The Morgan fingerprint density at radius 3 is 2.71 bits per heavy atom. The Kier molecular flexibility index (Phi) is 2.57. The van der Waals surface area contributed by atoms with E-state index in [2.05, 4.69) is 28.8 Å². The summed E-state index contributed by atoms with van der Waals surface area (Å²) in [4.78, 5) is 23.2. The number of amides is 2. The van der Waals surface area contributed by atoms with Crippen LogP contribution in [-0.2, 0) is 6.42 Å². The Morgan fingerprint density at radius 2 is 1.81 bits per heavy atom. The Bertz CT molecular complexity index is 767. The van der Waals surface area contributed by atoms with Crippen LogP contribution in [0.25, 0.3) is 0 Å². The molecule has 1 aliphatic carbocycles. The molecule has 1 atom stereocenters. The van der Waals surface area contributed by atoms with Crippen molar-refractivity contribution in [1.82, 2.24) is 5.32 Å². The van der Waals surface area contributed by atoms with E-state index in [-0.39, 0.29) is 17.9 Å². The summed E-state index contributed by atoms with van der Waals surface area (Å²) < 4.78 is 0. The highest BCUT2D eigenvalue weighted by atomic mass is 16.2. The van der Waals surface area contributed by atoms with Gasteiger partial charge in [0.15, 0.2) is 0 Å². The Hall–Kier alpha value is -2.62. The van der Waals surface area contributed by atoms with Gasteiger partial charge < -0.3 is 5.32 Å². The van der Waals surface area contributed by atoms with E-state index in [4.69, 9.17) is 0 Å². The fraction of sp³-hybridized carbons (Fsp3) is 0.176. The van der Waals surface area contributed by atoms with Crippen molar-refractivity contribution in [1.29, 1.82) is 0 Å². The van der Waals surface area contributed by atoms with Gasteiger partial charge >= 0.3 is 0 Å². The van der Waals surface area contributed by atoms with Crippen molar-refractivity contribution in [3.63, 3.8) is 0 Å². The average Bonchev–Trinajstić information content (AvgIpc) is 3.02. The summed E-state index contributed by atoms with van der Waals surface area (Å²) in [7, 11) is 0. The van der Waals surface area contributed by atoms with Crippen LogP contribution < -0.4 is 10.6 Å². The first-order valence-electron chi connectivity index (χ1n) is 7.06. The molecule has 0 fully saturated rings. The fourth-order valence-electron chi connectivity index (χ4n) is 3.17. The maximum absolute atomic E-state index is 11.7. The predicted octanol–water partition coefficient (Wildman–Crippen LogP) is 2.67. The van der Waals surface area contributed by atoms with Crippen molar-refractivity contribution in [3.8, 4) is 0 Å². The quantitative estimate of drug-likeness (QED) is 0.830. The molecular formula is C17H14N2O2. The SMILES string of the molecule is O=C1NC(=O)c2cc(NC3CCc4ccccc43)ccc21. The molecule has 0 saturated heterocycles. The molecule has 0 aromatic heterocycles. The minimum Gasteiger partial charge on any atom is -0.378 e. The summed E-state index contributed by atoms with van der Waals surface area (Å²) in [5, 5.41) is 5.78. The predicted molar refractivity (Wildman–Crippen MR) is 79.4 cm³/mol. The molecule has 2 aromatic rings. The van der Waals surface area contributed by atoms with Crippen LogP contribution in [0.15, 0.2) is 42.5 Å². The van der Waals surface area contributed by atoms with E-state index in [9.17, 15) is 9.59 Å². The van der Waals surface area contributed by atoms with Crippen LogP contribution in [0.5, 0.6) is 0 Å². The van der Waals surface area contributed by atoms with E-state index in [1.54, 1.807) is 12.1 Å². The van der Waals surface area contributed by atoms with E-state index >= 15 is 0 Å². The minimum absolute atomic E-state index is 0.263. The zero-order valence-corrected chi connectivity index (χ0v) is 11.3. The average molecular weight is 278 g/mol. The molecule has 21 heavy (non-hydrogen) atoms. The van der Waals surface area contributed by atoms with Gasteiger partial charge in [-0.15, -0.1) is 0 Å². The summed E-state index contributed by atoms with van der Waals surface area (Å²) in [5.74, 6) is -0.627. The van der Waals surface area contributed by atoms with Gasteiger partial charge in [-0.05, 0) is 42.2 Å². The molecule has 0 bridgehead atoms. The molecule has 0 spiro atoms. The summed E-state index contributed by atoms with van der Waals surface area (Å²) in [5.41, 5.74) is 4.48. The highest BCUT2D eigenvalue weighted by Crippen LogP contribution is 2.34. The van der Waals surface area contributed by atoms with Crippen LogP contribution in [0, 0.1) is 0 Å². The van der Waals surface area contributed by atoms with E-state index in [0.717, 1.165) is 18.5 Å². The lowest BCUT2D eigenvalue weighted by Crippen LogP contribution is -2.19. The number of hydrogen-bond acceptors (Lipinski definition) is 3. The minimum atomic E-state index is -0.314. The number of nitrogens with one attached hydrogen (secondary N) is 2. The number of imide groups is 1. The molecular weight excluding hydrogens is 264 g/mol. The van der Waals surface area contributed by atoms with Crippen molar-refractivity contribution < 1.29 is 9.59 Å². The number of hydrogen-bond donors (Lipinski definition) is 2. The van der Waals surface area contributed by atoms with Gasteiger partial charge in [0.2, 0.25) is 0 Å². The van der Waals surface area contributed by atoms with Gasteiger partial charge in [-0.25, -0.2) is 0 Å². The maximum Gasteiger partial charge on any atom is 0.259 e. The lowest BCUT2D eigenvalue weighted by Gasteiger charge is -2.16. The second-order valence-corrected chi connectivity index (χ2v) is 5.48. The molecule has 1 unspecified atom stereocenters. The first kappa shape index (κ1) is 12.1. The maximum atomic E-state index is 11.7. The topological polar surface area (TPSA) is 58.2 Å². The largest absolute Gasteiger partial charge is 0.378 e. The second-order valence-electron chi connectivity index (χ2n) is 5.48. The van der Waals surface area contributed by atoms with Crippen molar-refractivity contribution in [2.24, 2.45) is 0 Å². The number of rotatable bonds is 2. The van der Waals surface area contributed by atoms with Gasteiger partial charge in [0.1, 0.15) is 0 Å². The lowest BCUT2D eigenvalue weighted by atomic mass is 10.1. The van der Waals surface area contributed by atoms with E-state index < -0.39 is 0 Å². The number of fused-ring (bicyclic) bond motifs is 2. The third-order valence-corrected chi connectivity index (χ3v) is 4.21. The molecule has 0 saturated carbocycles. The Morgan fingerprint density at radius 1 is 1.00 bits per heavy atom. The van der Waals surface area contributed by atoms with Gasteiger partial charge in [-0.3, -0.25) is 14.9 Å². The van der Waals surface area contributed by atoms with Gasteiger partial charge in [0.25, 0.3) is 11.8 Å². The molecule has 4 heteroatoms. The van der Waals surface area contributed by atoms with Crippen LogP contribution in [0.4, 0.5) is 5.69 Å². The Balaban J connectivity index is 1.64. The number of benzene rings is 2. The van der Waals surface area contributed by atoms with Gasteiger partial charge in [-0.1, -0.05) is 24.3 Å². The number of carbonyl (C=O) groups excluding carboxylic acids is 2. The van der Waals surface area contributed by atoms with Crippen LogP contribution in [0.2, 0.25) is 0 Å². The second kappa shape index (κ2) is 4.45. The third-order valence-electron chi connectivity index (χ3n) is 4.21. The molecule has 1 aliphatic heterocycles. The number of anilines is 1. The molecule has 0 radical (unpaired) electrons. The zero-order chi connectivity index (χ0) is 14.4. The highest BCUT2D eigenvalue weighted by molar-refractivity contribution is 6.21. The van der Waals surface area contributed by atoms with Gasteiger partial charge in [-0.2, -0.15) is 0 Å². The molecule has 4 nitrogen and oxygen atoms in total. The normalized spacial score (nSPS) is 19.1. The molecule has 2 N–H and O–H groups in total. The standard InChI is InChI=1S/C17H14N2O2/c20-16-13-7-6-11(9-14(13)17(21)19-16)18-15-8-5-10-3-1-2-4-12(10)15/h1-4,6-7,9,15,18H,5,8H2,(H,19,20,21). The van der Waals surface area contributed by atoms with Gasteiger partial charge in [0.05, 0.1) is 17.2 Å². The van der Waals surface area contributed by atoms with E-state index in [1.807, 2.05) is 12.1 Å². The first-order valence-corrected chi connectivity index (χ1v) is 7.06. The van der Waals surface area contributed by atoms with Crippen LogP contribution in [-0.4, -0.2) is 11.8 Å². The van der Waals surface area contributed by atoms with Crippen LogP contribution in [0.1, 0.15) is 44.3 Å². The summed E-state index contributed by atoms with van der Waals surface area (Å²) >= 11 is 0. The Labute approximate surface area is 122 Å². The molecule has 4 rings (SSSR count). The monoisotopic (exact) mass is 278 g/mol. The van der Waals surface area contributed by atoms with Crippen molar-refractivity contribution in [2.45, 2.75) is 18.9 Å². The third kappa shape index (κ3) is 1.91. The first-order chi connectivity index (χ1) is 10.2. The molecule has 2 amide bonds. The number of carbonyl (C=O) groups is 2. The zero-order valence-electron chi connectivity index (χ0n) is 11.3.